The number of amides is 1. The summed E-state index contributed by atoms with van der Waals surface area (Å²) < 4.78 is 31.3. The van der Waals surface area contributed by atoms with Gasteiger partial charge in [-0.25, -0.2) is 8.42 Å². The Morgan fingerprint density at radius 2 is 1.93 bits per heavy atom. The number of benzene rings is 1. The Morgan fingerprint density at radius 3 is 2.57 bits per heavy atom. The minimum absolute atomic E-state index is 0.00354. The monoisotopic (exact) mass is 453 g/mol. The number of aromatic nitrogens is 2. The Hall–Kier alpha value is -2.33. The molecule has 0 unspecified atom stereocenters. The molecule has 0 bridgehead atoms. The number of nitrogens with zero attached hydrogens (tertiary/aromatic N) is 3. The van der Waals surface area contributed by atoms with Gasteiger partial charge >= 0.3 is 6.01 Å². The number of sulfonamides is 1. The van der Waals surface area contributed by atoms with Crippen LogP contribution in [0.2, 0.25) is 5.02 Å². The minimum Gasteiger partial charge on any atom is -0.403 e. The highest BCUT2D eigenvalue weighted by atomic mass is 35.5. The van der Waals surface area contributed by atoms with E-state index in [1.54, 1.807) is 19.1 Å². The van der Waals surface area contributed by atoms with Gasteiger partial charge in [0, 0.05) is 18.1 Å². The first-order chi connectivity index (χ1) is 14.1. The summed E-state index contributed by atoms with van der Waals surface area (Å²) in [6, 6.07) is 4.21. The molecule has 30 heavy (non-hydrogen) atoms. The van der Waals surface area contributed by atoms with E-state index in [2.05, 4.69) is 20.2 Å². The molecule has 1 spiro atoms. The van der Waals surface area contributed by atoms with Gasteiger partial charge < -0.3 is 14.6 Å². The quantitative estimate of drug-likeness (QED) is 0.690. The summed E-state index contributed by atoms with van der Waals surface area (Å²) in [5, 5.41) is 11.2. The normalized spacial score (nSPS) is 18.8. The number of nitrogens with one attached hydrogen (secondary N) is 2. The number of halogens is 1. The van der Waals surface area contributed by atoms with Gasteiger partial charge in [-0.1, -0.05) is 16.7 Å². The molecular weight excluding hydrogens is 430 g/mol. The number of anilines is 2. The van der Waals surface area contributed by atoms with Crippen LogP contribution in [-0.2, 0) is 14.8 Å². The van der Waals surface area contributed by atoms with E-state index >= 15 is 0 Å². The average Bonchev–Trinajstić information content (AvgIpc) is 3.26. The van der Waals surface area contributed by atoms with E-state index in [1.165, 1.54) is 18.9 Å². The second-order valence-corrected chi connectivity index (χ2v) is 10.4. The van der Waals surface area contributed by atoms with Crippen LogP contribution in [-0.4, -0.2) is 54.8 Å². The number of carbonyl (C=O) groups is 1. The van der Waals surface area contributed by atoms with Crippen LogP contribution in [0.15, 0.2) is 22.6 Å². The van der Waals surface area contributed by atoms with Crippen molar-refractivity contribution in [2.75, 3.05) is 29.4 Å². The van der Waals surface area contributed by atoms with E-state index in [9.17, 15) is 13.2 Å². The van der Waals surface area contributed by atoms with Crippen LogP contribution in [0.3, 0.4) is 0 Å². The van der Waals surface area contributed by atoms with E-state index in [0.717, 1.165) is 32.2 Å². The Kier molecular flexibility index (Phi) is 5.39. The molecule has 11 heteroatoms. The molecule has 1 atom stereocenters. The number of hydrogen-bond acceptors (Lipinski definition) is 7. The molecule has 1 saturated heterocycles. The largest absolute Gasteiger partial charge is 0.403 e. The van der Waals surface area contributed by atoms with E-state index in [-0.39, 0.29) is 23.5 Å². The zero-order chi connectivity index (χ0) is 21.5. The second-order valence-electron chi connectivity index (χ2n) is 8.17. The summed E-state index contributed by atoms with van der Waals surface area (Å²) >= 11 is 5.98. The number of rotatable bonds is 6. The van der Waals surface area contributed by atoms with Gasteiger partial charge in [0.05, 0.1) is 17.5 Å². The molecule has 2 aliphatic rings. The molecule has 0 radical (unpaired) electrons. The summed E-state index contributed by atoms with van der Waals surface area (Å²) in [7, 11) is -3.53. The molecule has 4 rings (SSSR count). The van der Waals surface area contributed by atoms with Crippen molar-refractivity contribution in [3.05, 3.63) is 23.2 Å². The molecule has 1 amide bonds. The van der Waals surface area contributed by atoms with Crippen molar-refractivity contribution in [3.8, 4) is 11.5 Å². The van der Waals surface area contributed by atoms with Crippen LogP contribution in [0.4, 0.5) is 11.7 Å². The predicted molar refractivity (Wildman–Crippen MR) is 114 cm³/mol. The molecule has 2 fully saturated rings. The molecule has 2 aromatic rings. The van der Waals surface area contributed by atoms with Crippen molar-refractivity contribution < 1.29 is 17.6 Å². The summed E-state index contributed by atoms with van der Waals surface area (Å²) in [5.74, 6) is 0.102. The summed E-state index contributed by atoms with van der Waals surface area (Å²) in [6.07, 6.45) is 5.76. The molecule has 1 aliphatic heterocycles. The SMILES string of the molecule is C[C@@H](Nc1nnc(-c2ccc(Cl)cc2NS(C)(=O)=O)o1)C(=O)N1CCC2(CC1)CC2. The van der Waals surface area contributed by atoms with Gasteiger partial charge in [-0.05, 0) is 56.2 Å². The van der Waals surface area contributed by atoms with Gasteiger partial charge in [0.15, 0.2) is 0 Å². The van der Waals surface area contributed by atoms with Crippen molar-refractivity contribution in [1.29, 1.82) is 0 Å². The fraction of sp³-hybridized carbons (Fsp3) is 0.526. The summed E-state index contributed by atoms with van der Waals surface area (Å²) in [4.78, 5) is 14.6. The lowest BCUT2D eigenvalue weighted by Gasteiger charge is -2.33. The van der Waals surface area contributed by atoms with Crippen LogP contribution >= 0.6 is 11.6 Å². The summed E-state index contributed by atoms with van der Waals surface area (Å²) in [5.41, 5.74) is 1.12. The molecule has 9 nitrogen and oxygen atoms in total. The smallest absolute Gasteiger partial charge is 0.316 e. The van der Waals surface area contributed by atoms with Gasteiger partial charge in [0.2, 0.25) is 15.9 Å². The van der Waals surface area contributed by atoms with Crippen LogP contribution in [0.5, 0.6) is 0 Å². The van der Waals surface area contributed by atoms with Crippen LogP contribution in [0.1, 0.15) is 32.6 Å². The molecule has 2 heterocycles. The number of likely N-dealkylation sites (tertiary alicyclic amines) is 1. The number of piperidine rings is 1. The van der Waals surface area contributed by atoms with E-state index in [4.69, 9.17) is 16.0 Å². The van der Waals surface area contributed by atoms with Crippen LogP contribution < -0.4 is 10.0 Å². The molecule has 1 aromatic heterocycles. The Balaban J connectivity index is 1.45. The third kappa shape index (κ3) is 4.70. The molecule has 1 aromatic carbocycles. The van der Waals surface area contributed by atoms with Gasteiger partial charge in [-0.15, -0.1) is 5.10 Å². The molecule has 1 saturated carbocycles. The van der Waals surface area contributed by atoms with Crippen molar-refractivity contribution in [2.24, 2.45) is 5.41 Å². The van der Waals surface area contributed by atoms with Gasteiger partial charge in [0.1, 0.15) is 6.04 Å². The average molecular weight is 454 g/mol. The third-order valence-electron chi connectivity index (χ3n) is 5.74. The molecule has 1 aliphatic carbocycles. The topological polar surface area (TPSA) is 117 Å². The van der Waals surface area contributed by atoms with E-state index < -0.39 is 16.1 Å². The maximum absolute atomic E-state index is 12.7. The van der Waals surface area contributed by atoms with Crippen LogP contribution in [0.25, 0.3) is 11.5 Å². The molecule has 2 N–H and O–H groups in total. The number of hydrogen-bond donors (Lipinski definition) is 2. The van der Waals surface area contributed by atoms with Crippen molar-refractivity contribution in [2.45, 2.75) is 38.6 Å². The van der Waals surface area contributed by atoms with Gasteiger partial charge in [0.25, 0.3) is 5.89 Å². The number of carbonyl (C=O) groups excluding carboxylic acids is 1. The van der Waals surface area contributed by atoms with Gasteiger partial charge in [-0.2, -0.15) is 0 Å². The van der Waals surface area contributed by atoms with Crippen LogP contribution in [0, 0.1) is 5.41 Å². The first-order valence-electron chi connectivity index (χ1n) is 9.81. The highest BCUT2D eigenvalue weighted by molar-refractivity contribution is 7.92. The van der Waals surface area contributed by atoms with Gasteiger partial charge in [-0.3, -0.25) is 9.52 Å². The molecule has 162 valence electrons. The van der Waals surface area contributed by atoms with Crippen molar-refractivity contribution in [1.82, 2.24) is 15.1 Å². The highest BCUT2D eigenvalue weighted by Crippen LogP contribution is 2.53. The fourth-order valence-electron chi connectivity index (χ4n) is 3.78. The first-order valence-corrected chi connectivity index (χ1v) is 12.1. The lowest BCUT2D eigenvalue weighted by atomic mass is 9.93. The fourth-order valence-corrected chi connectivity index (χ4v) is 4.52. The Labute approximate surface area is 180 Å². The summed E-state index contributed by atoms with van der Waals surface area (Å²) in [6.45, 7) is 3.32. The third-order valence-corrected chi connectivity index (χ3v) is 6.56. The lowest BCUT2D eigenvalue weighted by molar-refractivity contribution is -0.133. The highest BCUT2D eigenvalue weighted by Gasteiger charge is 2.45. The standard InChI is InChI=1S/C19H24ClN5O4S/c1-12(17(26)25-9-7-19(5-6-19)8-10-25)21-18-23-22-16(29-18)14-4-3-13(20)11-15(14)24-30(2,27)28/h3-4,11-12,24H,5-10H2,1-2H3,(H,21,23)/t12-/m1/s1. The van der Waals surface area contributed by atoms with Crippen molar-refractivity contribution in [3.63, 3.8) is 0 Å². The Bertz CT molecular complexity index is 1060. The zero-order valence-electron chi connectivity index (χ0n) is 16.8. The first kappa shape index (κ1) is 20.9. The maximum Gasteiger partial charge on any atom is 0.316 e. The lowest BCUT2D eigenvalue weighted by Crippen LogP contribution is -2.45. The second kappa shape index (κ2) is 7.73. The van der Waals surface area contributed by atoms with E-state index in [1.807, 2.05) is 4.90 Å². The molecular formula is C19H24ClN5O4S. The Morgan fingerprint density at radius 1 is 1.23 bits per heavy atom. The van der Waals surface area contributed by atoms with Crippen molar-refractivity contribution >= 4 is 39.2 Å². The maximum atomic E-state index is 12.7. The van der Waals surface area contributed by atoms with E-state index in [0.29, 0.717) is 16.0 Å². The predicted octanol–water partition coefficient (Wildman–Crippen LogP) is 2.96. The minimum atomic E-state index is -3.53. The zero-order valence-corrected chi connectivity index (χ0v) is 18.4.